The van der Waals surface area contributed by atoms with Gasteiger partial charge in [0.25, 0.3) is 0 Å². The molecule has 2 aliphatic heterocycles. The minimum absolute atomic E-state index is 0.0573. The number of carbonyl (C=O) groups excluding carboxylic acids is 2. The van der Waals surface area contributed by atoms with E-state index < -0.39 is 0 Å². The van der Waals surface area contributed by atoms with Gasteiger partial charge in [0.1, 0.15) is 0 Å². The first kappa shape index (κ1) is 9.19. The Bertz CT molecular complexity index is 354. The van der Waals surface area contributed by atoms with E-state index >= 15 is 0 Å². The van der Waals surface area contributed by atoms with Crippen LogP contribution >= 0.6 is 0 Å². The minimum Gasteiger partial charge on any atom is -0.335 e. The zero-order valence-electron chi connectivity index (χ0n) is 8.36. The molecule has 0 aromatic heterocycles. The second-order valence-corrected chi connectivity index (χ2v) is 3.84. The maximum atomic E-state index is 11.7. The largest absolute Gasteiger partial charge is 0.335 e. The number of rotatable bonds is 1. The molecule has 1 aliphatic carbocycles. The van der Waals surface area contributed by atoms with Crippen LogP contribution in [0.1, 0.15) is 13.3 Å². The molecule has 3 heteroatoms. The maximum absolute atomic E-state index is 11.7. The number of Topliss-reactive ketones (excluding diaryl/α,β-unsaturated/α-hetero) is 1. The molecule has 3 nitrogen and oxygen atoms in total. The monoisotopic (exact) mass is 191 g/mol. The van der Waals surface area contributed by atoms with Crippen molar-refractivity contribution in [2.45, 2.75) is 19.4 Å². The molecule has 14 heavy (non-hydrogen) atoms. The van der Waals surface area contributed by atoms with Crippen LogP contribution in [0.15, 0.2) is 23.8 Å². The highest BCUT2D eigenvalue weighted by atomic mass is 16.2. The van der Waals surface area contributed by atoms with Crippen LogP contribution in [0, 0.1) is 5.92 Å². The van der Waals surface area contributed by atoms with E-state index in [0.29, 0.717) is 6.42 Å². The molecule has 3 aliphatic rings. The van der Waals surface area contributed by atoms with Crippen LogP contribution in [0.4, 0.5) is 0 Å². The lowest BCUT2D eigenvalue weighted by Gasteiger charge is -2.30. The van der Waals surface area contributed by atoms with E-state index in [4.69, 9.17) is 0 Å². The molecule has 0 fully saturated rings. The Hall–Kier alpha value is -1.38. The summed E-state index contributed by atoms with van der Waals surface area (Å²) >= 11 is 0. The first-order valence-electron chi connectivity index (χ1n) is 4.77. The van der Waals surface area contributed by atoms with Crippen molar-refractivity contribution in [3.8, 4) is 0 Å². The third-order valence-electron chi connectivity index (χ3n) is 2.92. The van der Waals surface area contributed by atoms with Crippen molar-refractivity contribution in [3.05, 3.63) is 23.8 Å². The lowest BCUT2D eigenvalue weighted by Crippen LogP contribution is -2.42. The predicted molar refractivity (Wildman–Crippen MR) is 52.6 cm³/mol. The van der Waals surface area contributed by atoms with E-state index in [1.54, 1.807) is 18.9 Å². The number of hydrogen-bond donors (Lipinski definition) is 0. The third kappa shape index (κ3) is 1.20. The van der Waals surface area contributed by atoms with Crippen molar-refractivity contribution in [1.29, 1.82) is 0 Å². The van der Waals surface area contributed by atoms with Gasteiger partial charge in [-0.1, -0.05) is 18.2 Å². The topological polar surface area (TPSA) is 37.4 Å². The van der Waals surface area contributed by atoms with Gasteiger partial charge in [-0.2, -0.15) is 0 Å². The average molecular weight is 191 g/mol. The number of hydrogen-bond acceptors (Lipinski definition) is 2. The summed E-state index contributed by atoms with van der Waals surface area (Å²) < 4.78 is 0. The number of ketones is 1. The van der Waals surface area contributed by atoms with Crippen molar-refractivity contribution >= 4 is 11.7 Å². The normalized spacial score (nSPS) is 30.3. The van der Waals surface area contributed by atoms with E-state index in [9.17, 15) is 9.59 Å². The van der Waals surface area contributed by atoms with Crippen LogP contribution < -0.4 is 0 Å². The van der Waals surface area contributed by atoms with Gasteiger partial charge in [-0.15, -0.1) is 0 Å². The standard InChI is InChI=1S/C11H13NO2/c1-7(13)9-5-3-8-4-6-10(9)12(2)11(8)14/h4-6,8,10H,3H2,1-2H3. The Morgan fingerprint density at radius 1 is 1.50 bits per heavy atom. The molecule has 0 saturated heterocycles. The van der Waals surface area contributed by atoms with Crippen molar-refractivity contribution < 1.29 is 9.59 Å². The SMILES string of the molecule is CC(=O)C1=CCC2C=CC1N(C)C2=O. The van der Waals surface area contributed by atoms with Crippen LogP contribution in [-0.4, -0.2) is 29.7 Å². The molecule has 0 aromatic carbocycles. The highest BCUT2D eigenvalue weighted by Gasteiger charge is 2.34. The van der Waals surface area contributed by atoms with Crippen molar-refractivity contribution in [2.24, 2.45) is 5.92 Å². The third-order valence-corrected chi connectivity index (χ3v) is 2.92. The van der Waals surface area contributed by atoms with Gasteiger partial charge in [-0.25, -0.2) is 0 Å². The average Bonchev–Trinajstić information content (AvgIpc) is 2.41. The first-order chi connectivity index (χ1) is 6.61. The number of nitrogens with zero attached hydrogens (tertiary/aromatic N) is 1. The van der Waals surface area contributed by atoms with Gasteiger partial charge in [-0.05, 0) is 13.3 Å². The summed E-state index contributed by atoms with van der Waals surface area (Å²) in [5, 5.41) is 0. The van der Waals surface area contributed by atoms with Crippen LogP contribution in [-0.2, 0) is 9.59 Å². The molecule has 3 rings (SSSR count). The molecule has 2 bridgehead atoms. The highest BCUT2D eigenvalue weighted by Crippen LogP contribution is 2.28. The van der Waals surface area contributed by atoms with E-state index in [1.165, 1.54) is 0 Å². The molecule has 0 aromatic rings. The lowest BCUT2D eigenvalue weighted by atomic mass is 9.99. The Kier molecular flexibility index (Phi) is 2.02. The molecule has 0 spiro atoms. The molecule has 74 valence electrons. The molecule has 0 N–H and O–H groups in total. The Labute approximate surface area is 83.1 Å². The number of fused-ring (bicyclic) bond motifs is 2. The van der Waals surface area contributed by atoms with E-state index in [2.05, 4.69) is 0 Å². The zero-order chi connectivity index (χ0) is 10.3. The molecular weight excluding hydrogens is 178 g/mol. The fourth-order valence-electron chi connectivity index (χ4n) is 2.07. The summed E-state index contributed by atoms with van der Waals surface area (Å²) in [6.07, 6.45) is 6.43. The second-order valence-electron chi connectivity index (χ2n) is 3.84. The van der Waals surface area contributed by atoms with Gasteiger partial charge in [0, 0.05) is 12.6 Å². The summed E-state index contributed by atoms with van der Waals surface area (Å²) in [6.45, 7) is 1.55. The van der Waals surface area contributed by atoms with Crippen LogP contribution in [0.3, 0.4) is 0 Å². The van der Waals surface area contributed by atoms with Gasteiger partial charge < -0.3 is 4.90 Å². The molecule has 0 radical (unpaired) electrons. The van der Waals surface area contributed by atoms with E-state index in [1.807, 2.05) is 18.2 Å². The Balaban J connectivity index is 2.43. The van der Waals surface area contributed by atoms with Gasteiger partial charge >= 0.3 is 0 Å². The highest BCUT2D eigenvalue weighted by molar-refractivity contribution is 5.97. The molecule has 0 saturated carbocycles. The summed E-state index contributed by atoms with van der Waals surface area (Å²) in [4.78, 5) is 24.7. The summed E-state index contributed by atoms with van der Waals surface area (Å²) in [6, 6.07) is -0.140. The van der Waals surface area contributed by atoms with Crippen molar-refractivity contribution in [2.75, 3.05) is 7.05 Å². The first-order valence-corrected chi connectivity index (χ1v) is 4.77. The van der Waals surface area contributed by atoms with Gasteiger partial charge in [-0.3, -0.25) is 9.59 Å². The van der Waals surface area contributed by atoms with E-state index in [0.717, 1.165) is 5.57 Å². The molecule has 2 unspecified atom stereocenters. The minimum atomic E-state index is -0.140. The van der Waals surface area contributed by atoms with Crippen molar-refractivity contribution in [1.82, 2.24) is 4.90 Å². The Morgan fingerprint density at radius 2 is 2.21 bits per heavy atom. The zero-order valence-corrected chi connectivity index (χ0v) is 8.36. The number of likely N-dealkylation sites (N-methyl/N-ethyl adjacent to an activating group) is 1. The molecule has 1 amide bonds. The molecule has 2 atom stereocenters. The van der Waals surface area contributed by atoms with Crippen LogP contribution in [0.5, 0.6) is 0 Å². The fourth-order valence-corrected chi connectivity index (χ4v) is 2.07. The van der Waals surface area contributed by atoms with Gasteiger partial charge in [0.2, 0.25) is 5.91 Å². The van der Waals surface area contributed by atoms with Crippen molar-refractivity contribution in [3.63, 3.8) is 0 Å². The number of allylic oxidation sites excluding steroid dienone is 1. The Morgan fingerprint density at radius 3 is 2.86 bits per heavy atom. The molecular formula is C11H13NO2. The number of amides is 1. The maximum Gasteiger partial charge on any atom is 0.230 e. The number of carbonyl (C=O) groups is 2. The summed E-state index contributed by atoms with van der Waals surface area (Å²) in [7, 11) is 1.76. The fraction of sp³-hybridized carbons (Fsp3) is 0.455. The van der Waals surface area contributed by atoms with E-state index in [-0.39, 0.29) is 23.7 Å². The van der Waals surface area contributed by atoms with Crippen LogP contribution in [0.2, 0.25) is 0 Å². The lowest BCUT2D eigenvalue weighted by molar-refractivity contribution is -0.133. The van der Waals surface area contributed by atoms with Gasteiger partial charge in [0.15, 0.2) is 5.78 Å². The smallest absolute Gasteiger partial charge is 0.230 e. The summed E-state index contributed by atoms with van der Waals surface area (Å²) in [5.74, 6) is 0.111. The predicted octanol–water partition coefficient (Wildman–Crippen LogP) is 0.919. The second kappa shape index (κ2) is 3.08. The van der Waals surface area contributed by atoms with Gasteiger partial charge in [0.05, 0.1) is 12.0 Å². The quantitative estimate of drug-likeness (QED) is 0.578. The van der Waals surface area contributed by atoms with Crippen LogP contribution in [0.25, 0.3) is 0 Å². The molecule has 2 heterocycles. The summed E-state index contributed by atoms with van der Waals surface area (Å²) in [5.41, 5.74) is 0.747.